The van der Waals surface area contributed by atoms with Crippen molar-refractivity contribution < 1.29 is 4.74 Å². The number of hydrogen-bond donors (Lipinski definition) is 2. The first kappa shape index (κ1) is 37.5. The van der Waals surface area contributed by atoms with Gasteiger partial charge in [-0.15, -0.1) is 0 Å². The van der Waals surface area contributed by atoms with Crippen molar-refractivity contribution in [3.05, 3.63) is 107 Å². The van der Waals surface area contributed by atoms with Crippen LogP contribution < -0.4 is 37.9 Å². The molecule has 8 rings (SSSR count). The molecule has 0 saturated heterocycles. The predicted octanol–water partition coefficient (Wildman–Crippen LogP) is 4.16. The van der Waals surface area contributed by atoms with Crippen LogP contribution in [0.3, 0.4) is 0 Å². The summed E-state index contributed by atoms with van der Waals surface area (Å²) in [7, 11) is 6.47. The number of aromatic nitrogens is 8. The van der Waals surface area contributed by atoms with Crippen LogP contribution in [0.5, 0.6) is 5.75 Å². The molecule has 0 bridgehead atoms. The predicted molar refractivity (Wildman–Crippen MR) is 215 cm³/mol. The maximum atomic E-state index is 13.1. The second-order valence-corrected chi connectivity index (χ2v) is 14.6. The highest BCUT2D eigenvalue weighted by atomic mass is 16.5. The van der Waals surface area contributed by atoms with Crippen molar-refractivity contribution in [2.45, 2.75) is 90.0 Å². The summed E-state index contributed by atoms with van der Waals surface area (Å²) < 4.78 is 14.4. The molecule has 0 spiro atoms. The average molecular weight is 751 g/mol. The van der Waals surface area contributed by atoms with Gasteiger partial charge in [0.15, 0.2) is 22.3 Å². The van der Waals surface area contributed by atoms with Gasteiger partial charge in [0.05, 0.1) is 20.2 Å². The summed E-state index contributed by atoms with van der Waals surface area (Å²) in [6.45, 7) is 3.13. The number of rotatable bonds is 10. The van der Waals surface area contributed by atoms with Crippen molar-refractivity contribution in [2.24, 2.45) is 21.1 Å². The second kappa shape index (κ2) is 15.9. The smallest absolute Gasteiger partial charge is 0.332 e. The number of hydrogen-bond acceptors (Lipinski definition) is 9. The van der Waals surface area contributed by atoms with Gasteiger partial charge in [-0.3, -0.25) is 37.0 Å². The number of benzene rings is 2. The zero-order valence-electron chi connectivity index (χ0n) is 32.2. The minimum absolute atomic E-state index is 0.300. The molecule has 2 aliphatic carbocycles. The molecular weight excluding hydrogens is 701 g/mol. The van der Waals surface area contributed by atoms with Gasteiger partial charge in [-0.1, -0.05) is 68.1 Å². The monoisotopic (exact) mass is 750 g/mol. The van der Waals surface area contributed by atoms with Gasteiger partial charge in [-0.2, -0.15) is 9.97 Å². The van der Waals surface area contributed by atoms with E-state index in [0.29, 0.717) is 65.9 Å². The summed E-state index contributed by atoms with van der Waals surface area (Å²) in [5, 5.41) is 7.02. The van der Waals surface area contributed by atoms with E-state index in [1.54, 1.807) is 28.1 Å². The van der Waals surface area contributed by atoms with Gasteiger partial charge in [-0.25, -0.2) is 9.59 Å². The first-order valence-corrected chi connectivity index (χ1v) is 19.2. The highest BCUT2D eigenvalue weighted by Gasteiger charge is 2.25. The van der Waals surface area contributed by atoms with Crippen LogP contribution in [0.1, 0.15) is 69.4 Å². The Hall–Kier alpha value is -5.86. The summed E-state index contributed by atoms with van der Waals surface area (Å²) in [5.41, 5.74) is 2.54. The number of nitrogens with zero attached hydrogens (tertiary/aromatic N) is 8. The van der Waals surface area contributed by atoms with Gasteiger partial charge in [0.25, 0.3) is 11.1 Å². The Morgan fingerprint density at radius 1 is 0.618 bits per heavy atom. The summed E-state index contributed by atoms with van der Waals surface area (Å²) in [6.07, 6.45) is 9.17. The first-order valence-electron chi connectivity index (χ1n) is 19.2. The van der Waals surface area contributed by atoms with Gasteiger partial charge < -0.3 is 15.4 Å². The van der Waals surface area contributed by atoms with E-state index in [-0.39, 0.29) is 22.5 Å². The fraction of sp³-hybridized carbons (Fsp3) is 0.450. The normalized spacial score (nSPS) is 14.8. The molecule has 0 radical (unpaired) electrons. The zero-order valence-corrected chi connectivity index (χ0v) is 32.2. The van der Waals surface area contributed by atoms with Gasteiger partial charge in [0.1, 0.15) is 5.75 Å². The van der Waals surface area contributed by atoms with Crippen molar-refractivity contribution in [1.82, 2.24) is 37.4 Å². The zero-order chi connectivity index (χ0) is 38.8. The summed E-state index contributed by atoms with van der Waals surface area (Å²) >= 11 is 0. The average Bonchev–Trinajstić information content (AvgIpc) is 4.03. The van der Waals surface area contributed by atoms with Crippen LogP contribution in [0, 0.1) is 0 Å². The van der Waals surface area contributed by atoms with E-state index in [2.05, 4.69) is 20.6 Å². The van der Waals surface area contributed by atoms with Crippen molar-refractivity contribution in [3.8, 4) is 5.75 Å². The molecule has 0 aliphatic heterocycles. The lowest BCUT2D eigenvalue weighted by molar-refractivity contribution is 0.414. The molecule has 2 saturated carbocycles. The largest absolute Gasteiger partial charge is 0.497 e. The molecule has 4 aromatic heterocycles. The van der Waals surface area contributed by atoms with E-state index in [1.807, 2.05) is 63.7 Å². The highest BCUT2D eigenvalue weighted by molar-refractivity contribution is 5.75. The summed E-state index contributed by atoms with van der Waals surface area (Å²) in [4.78, 5) is 60.1. The lowest BCUT2D eigenvalue weighted by atomic mass is 10.2. The molecule has 4 heterocycles. The Morgan fingerprint density at radius 2 is 1.09 bits per heavy atom. The van der Waals surface area contributed by atoms with Crippen LogP contribution in [-0.4, -0.2) is 56.6 Å². The molecule has 0 atom stereocenters. The van der Waals surface area contributed by atoms with Crippen molar-refractivity contribution in [2.75, 3.05) is 17.7 Å². The maximum absolute atomic E-state index is 13.1. The van der Waals surface area contributed by atoms with Crippen molar-refractivity contribution in [1.29, 1.82) is 0 Å². The molecule has 6 aromatic rings. The third-order valence-electron chi connectivity index (χ3n) is 11.0. The topological polar surface area (TPSA) is 157 Å². The number of methoxy groups -OCH3 is 1. The molecule has 15 heteroatoms. The minimum atomic E-state index is -0.362. The third kappa shape index (κ3) is 7.34. The van der Waals surface area contributed by atoms with Crippen LogP contribution in [0.4, 0.5) is 11.9 Å². The van der Waals surface area contributed by atoms with E-state index in [0.717, 1.165) is 47.1 Å². The Balaban J connectivity index is 0.000000170. The molecular formula is C40H50N10O5. The fourth-order valence-electron chi connectivity index (χ4n) is 7.81. The Morgan fingerprint density at radius 3 is 1.58 bits per heavy atom. The lowest BCUT2D eigenvalue weighted by Crippen LogP contribution is -2.39. The minimum Gasteiger partial charge on any atom is -0.497 e. The number of ether oxygens (including phenoxy) is 1. The van der Waals surface area contributed by atoms with Gasteiger partial charge >= 0.3 is 11.4 Å². The van der Waals surface area contributed by atoms with Gasteiger partial charge in [0.2, 0.25) is 11.9 Å². The van der Waals surface area contributed by atoms with Crippen molar-refractivity contribution in [3.63, 3.8) is 0 Å². The van der Waals surface area contributed by atoms with Crippen LogP contribution in [0.25, 0.3) is 22.3 Å². The molecule has 2 N–H and O–H groups in total. The molecule has 2 aromatic carbocycles. The molecule has 0 unspecified atom stereocenters. The van der Waals surface area contributed by atoms with Gasteiger partial charge in [0, 0.05) is 39.8 Å². The SMILES string of the molecule is CCn1c(=O)c2c(nc(NC3CCCC3)n2Cc2ccc(OC)cc2)n(C)c1=O.Cn1c(=O)c2c(nc(NC3CCCC3)n2Cc2ccccc2)n(C)c1=O. The van der Waals surface area contributed by atoms with E-state index < -0.39 is 0 Å². The van der Waals surface area contributed by atoms with E-state index >= 15 is 0 Å². The second-order valence-electron chi connectivity index (χ2n) is 14.6. The van der Waals surface area contributed by atoms with Crippen LogP contribution >= 0.6 is 0 Å². The van der Waals surface area contributed by atoms with Crippen LogP contribution in [-0.2, 0) is 40.8 Å². The first-order chi connectivity index (χ1) is 26.6. The highest BCUT2D eigenvalue weighted by Crippen LogP contribution is 2.26. The molecule has 0 amide bonds. The summed E-state index contributed by atoms with van der Waals surface area (Å²) in [6, 6.07) is 18.4. The van der Waals surface area contributed by atoms with E-state index in [4.69, 9.17) is 4.74 Å². The maximum Gasteiger partial charge on any atom is 0.332 e. The Kier molecular flexibility index (Phi) is 10.8. The van der Waals surface area contributed by atoms with Crippen LogP contribution in [0.15, 0.2) is 73.8 Å². The number of fused-ring (bicyclic) bond motifs is 2. The Bertz CT molecular complexity index is 2550. The third-order valence-corrected chi connectivity index (χ3v) is 11.0. The fourth-order valence-corrected chi connectivity index (χ4v) is 7.81. The number of nitrogens with one attached hydrogen (secondary N) is 2. The molecule has 2 fully saturated rings. The molecule has 55 heavy (non-hydrogen) atoms. The molecule has 290 valence electrons. The molecule has 2 aliphatic rings. The standard InChI is InChI=1S/C21H27N5O3.C19H23N5O2/c1-4-25-19(27)17-18(24(2)21(25)28)23-20(22-15-7-5-6-8-15)26(17)13-14-9-11-16(29-3)12-10-14;1-22-16-15(17(25)23(2)19(22)26)24(12-13-8-4-3-5-9-13)18(21-16)20-14-10-6-7-11-14/h9-12,15H,4-8,13H2,1-3H3,(H,22,23);3-5,8-9,14H,6-7,10-12H2,1-2H3,(H,20,21). The quantitative estimate of drug-likeness (QED) is 0.210. The van der Waals surface area contributed by atoms with Crippen LogP contribution in [0.2, 0.25) is 0 Å². The van der Waals surface area contributed by atoms with Gasteiger partial charge in [-0.05, 0) is 55.9 Å². The van der Waals surface area contributed by atoms with Crippen molar-refractivity contribution >= 4 is 34.2 Å². The van der Waals surface area contributed by atoms with E-state index in [9.17, 15) is 19.2 Å². The lowest BCUT2D eigenvalue weighted by Gasteiger charge is -2.15. The number of anilines is 2. The van der Waals surface area contributed by atoms with E-state index in [1.165, 1.54) is 46.4 Å². The number of aryl methyl sites for hydroxylation is 2. The summed E-state index contributed by atoms with van der Waals surface area (Å²) in [5.74, 6) is 2.09. The Labute approximate surface area is 317 Å². The molecule has 15 nitrogen and oxygen atoms in total. The number of imidazole rings is 2.